The molecule has 0 saturated carbocycles. The van der Waals surface area contributed by atoms with E-state index < -0.39 is 11.6 Å². The molecule has 4 nitrogen and oxygen atoms in total. The van der Waals surface area contributed by atoms with Gasteiger partial charge < -0.3 is 14.0 Å². The van der Waals surface area contributed by atoms with Crippen molar-refractivity contribution in [1.82, 2.24) is 4.57 Å². The molecule has 3 aromatic carbocycles. The Morgan fingerprint density at radius 1 is 0.974 bits per heavy atom. The number of ether oxygens (including phenoxy) is 2. The molecule has 0 radical (unpaired) electrons. The predicted octanol–water partition coefficient (Wildman–Crippen LogP) is 7.46. The maximum atomic E-state index is 13.8. The van der Waals surface area contributed by atoms with Crippen molar-refractivity contribution in [3.63, 3.8) is 0 Å². The van der Waals surface area contributed by atoms with Crippen molar-refractivity contribution in [3.05, 3.63) is 101 Å². The monoisotopic (exact) mass is 517 g/mol. The van der Waals surface area contributed by atoms with Crippen molar-refractivity contribution in [2.45, 2.75) is 58.1 Å². The molecule has 5 rings (SSSR count). The summed E-state index contributed by atoms with van der Waals surface area (Å²) < 4.78 is 41.1. The van der Waals surface area contributed by atoms with Gasteiger partial charge in [-0.3, -0.25) is 4.79 Å². The lowest BCUT2D eigenvalue weighted by molar-refractivity contribution is 0.0256. The van der Waals surface area contributed by atoms with E-state index in [4.69, 9.17) is 9.47 Å². The summed E-state index contributed by atoms with van der Waals surface area (Å²) in [5, 5.41) is 0.888. The van der Waals surface area contributed by atoms with Gasteiger partial charge in [0, 0.05) is 48.5 Å². The van der Waals surface area contributed by atoms with Gasteiger partial charge in [-0.1, -0.05) is 50.2 Å². The van der Waals surface area contributed by atoms with E-state index in [0.29, 0.717) is 37.3 Å². The number of hydrogen-bond donors (Lipinski definition) is 0. The molecule has 1 fully saturated rings. The number of carbonyl (C=O) groups excluding carboxylic acids is 1. The van der Waals surface area contributed by atoms with Crippen LogP contribution in [0.2, 0.25) is 0 Å². The minimum Gasteiger partial charge on any atom is -0.490 e. The highest BCUT2D eigenvalue weighted by molar-refractivity contribution is 6.10. The van der Waals surface area contributed by atoms with Gasteiger partial charge in [0.1, 0.15) is 11.9 Å². The summed E-state index contributed by atoms with van der Waals surface area (Å²) in [5.41, 5.74) is 4.37. The van der Waals surface area contributed by atoms with E-state index in [2.05, 4.69) is 30.5 Å². The van der Waals surface area contributed by atoms with Crippen molar-refractivity contribution in [1.29, 1.82) is 0 Å². The lowest BCUT2D eigenvalue weighted by Crippen LogP contribution is -2.25. The van der Waals surface area contributed by atoms with E-state index in [1.54, 1.807) is 0 Å². The molecule has 0 amide bonds. The summed E-state index contributed by atoms with van der Waals surface area (Å²) in [6.07, 6.45) is 2.36. The molecule has 0 atom stereocenters. The van der Waals surface area contributed by atoms with Crippen LogP contribution in [-0.2, 0) is 17.7 Å². The second-order valence-corrected chi connectivity index (χ2v) is 10.3. The Hall–Kier alpha value is -3.51. The van der Waals surface area contributed by atoms with Crippen LogP contribution >= 0.6 is 0 Å². The smallest absolute Gasteiger partial charge is 0.165 e. The fourth-order valence-corrected chi connectivity index (χ4v) is 5.32. The van der Waals surface area contributed by atoms with Crippen LogP contribution in [0.3, 0.4) is 0 Å². The number of rotatable bonds is 9. The van der Waals surface area contributed by atoms with Crippen LogP contribution in [0.4, 0.5) is 8.78 Å². The average molecular weight is 518 g/mol. The molecule has 1 aliphatic heterocycles. The van der Waals surface area contributed by atoms with Gasteiger partial charge in [-0.15, -0.1) is 0 Å². The van der Waals surface area contributed by atoms with Gasteiger partial charge >= 0.3 is 0 Å². The topological polar surface area (TPSA) is 40.5 Å². The number of Topliss-reactive ketones (excluding diaryl/α,β-unsaturated/α-hetero) is 1. The van der Waals surface area contributed by atoms with Crippen molar-refractivity contribution in [3.8, 4) is 5.75 Å². The number of carbonyl (C=O) groups is 1. The fraction of sp³-hybridized carbons (Fsp3) is 0.344. The molecule has 6 heteroatoms. The van der Waals surface area contributed by atoms with Crippen LogP contribution < -0.4 is 4.74 Å². The summed E-state index contributed by atoms with van der Waals surface area (Å²) in [7, 11) is 0. The first kappa shape index (κ1) is 26.1. The zero-order valence-corrected chi connectivity index (χ0v) is 21.9. The third-order valence-corrected chi connectivity index (χ3v) is 7.18. The summed E-state index contributed by atoms with van der Waals surface area (Å²) in [5.74, 6) is -0.909. The van der Waals surface area contributed by atoms with Crippen molar-refractivity contribution < 1.29 is 23.0 Å². The third kappa shape index (κ3) is 5.65. The molecule has 198 valence electrons. The summed E-state index contributed by atoms with van der Waals surface area (Å²) >= 11 is 0. The molecule has 2 heterocycles. The van der Waals surface area contributed by atoms with Crippen molar-refractivity contribution >= 4 is 16.7 Å². The van der Waals surface area contributed by atoms with E-state index in [-0.39, 0.29) is 24.2 Å². The standard InChI is InChI=1S/C32H33F2NO3/c1-21(2)32-31(30(36)13-9-22-8-12-27(33)28(34)18-22)26-11-10-25(38-24-14-16-37-17-15-24)19-29(26)35(32)20-23-6-4-3-5-7-23/h3-8,10-12,18-19,21,24H,9,13-17,20H2,1-2H3. The fourth-order valence-electron chi connectivity index (χ4n) is 5.32. The molecular weight excluding hydrogens is 484 g/mol. The molecule has 38 heavy (non-hydrogen) atoms. The van der Waals surface area contributed by atoms with E-state index in [0.717, 1.165) is 46.8 Å². The maximum absolute atomic E-state index is 13.8. The molecule has 0 bridgehead atoms. The number of halogens is 2. The number of hydrogen-bond acceptors (Lipinski definition) is 3. The Labute approximate surface area is 222 Å². The van der Waals surface area contributed by atoms with Crippen molar-refractivity contribution in [2.75, 3.05) is 13.2 Å². The average Bonchev–Trinajstić information content (AvgIpc) is 3.24. The third-order valence-electron chi connectivity index (χ3n) is 7.18. The molecule has 0 N–H and O–H groups in total. The van der Waals surface area contributed by atoms with E-state index in [9.17, 15) is 13.6 Å². The highest BCUT2D eigenvalue weighted by Crippen LogP contribution is 2.36. The SMILES string of the molecule is CC(C)c1c(C(=O)CCc2ccc(F)c(F)c2)c2ccc(OC3CCOCC3)cc2n1Cc1ccccc1. The van der Waals surface area contributed by atoms with Crippen LogP contribution in [0, 0.1) is 11.6 Å². The maximum Gasteiger partial charge on any atom is 0.165 e. The number of nitrogens with zero attached hydrogens (tertiary/aromatic N) is 1. The Morgan fingerprint density at radius 3 is 2.45 bits per heavy atom. The minimum atomic E-state index is -0.894. The molecule has 4 aromatic rings. The number of aryl methyl sites for hydroxylation is 1. The Balaban J connectivity index is 1.54. The first-order valence-electron chi connectivity index (χ1n) is 13.3. The molecule has 0 aliphatic carbocycles. The van der Waals surface area contributed by atoms with Gasteiger partial charge in [0.05, 0.1) is 18.7 Å². The zero-order valence-electron chi connectivity index (χ0n) is 21.9. The second kappa shape index (κ2) is 11.5. The lowest BCUT2D eigenvalue weighted by atomic mass is 9.96. The highest BCUT2D eigenvalue weighted by atomic mass is 19.2. The molecule has 0 spiro atoms. The largest absolute Gasteiger partial charge is 0.490 e. The van der Waals surface area contributed by atoms with Crippen LogP contribution in [0.15, 0.2) is 66.7 Å². The number of aromatic nitrogens is 1. The molecule has 1 aromatic heterocycles. The number of fused-ring (bicyclic) bond motifs is 1. The van der Waals surface area contributed by atoms with Crippen molar-refractivity contribution in [2.24, 2.45) is 0 Å². The molecule has 0 unspecified atom stereocenters. The number of benzene rings is 3. The van der Waals surface area contributed by atoms with Crippen LogP contribution in [-0.4, -0.2) is 29.7 Å². The quantitative estimate of drug-likeness (QED) is 0.216. The van der Waals surface area contributed by atoms with E-state index >= 15 is 0 Å². The Morgan fingerprint density at radius 2 is 1.74 bits per heavy atom. The van der Waals surface area contributed by atoms with Gasteiger partial charge in [0.25, 0.3) is 0 Å². The van der Waals surface area contributed by atoms with Crippen LogP contribution in [0.5, 0.6) is 5.75 Å². The van der Waals surface area contributed by atoms with Gasteiger partial charge in [0.2, 0.25) is 0 Å². The van der Waals surface area contributed by atoms with E-state index in [1.165, 1.54) is 12.1 Å². The van der Waals surface area contributed by atoms with Gasteiger partial charge in [-0.25, -0.2) is 8.78 Å². The Bertz CT molecular complexity index is 1420. The summed E-state index contributed by atoms with van der Waals surface area (Å²) in [6.45, 7) is 6.22. The van der Waals surface area contributed by atoms with Crippen LogP contribution in [0.25, 0.3) is 10.9 Å². The number of ketones is 1. The normalized spacial score (nSPS) is 14.3. The van der Waals surface area contributed by atoms with E-state index in [1.807, 2.05) is 36.4 Å². The van der Waals surface area contributed by atoms with Gasteiger partial charge in [0.15, 0.2) is 17.4 Å². The minimum absolute atomic E-state index is 0.00616. The molecule has 1 saturated heterocycles. The highest BCUT2D eigenvalue weighted by Gasteiger charge is 2.25. The first-order chi connectivity index (χ1) is 18.4. The summed E-state index contributed by atoms with van der Waals surface area (Å²) in [6, 6.07) is 20.0. The zero-order chi connectivity index (χ0) is 26.6. The van der Waals surface area contributed by atoms with Gasteiger partial charge in [-0.2, -0.15) is 0 Å². The second-order valence-electron chi connectivity index (χ2n) is 10.3. The predicted molar refractivity (Wildman–Crippen MR) is 145 cm³/mol. The molecular formula is C32H33F2NO3. The molecule has 1 aliphatic rings. The van der Waals surface area contributed by atoms with Gasteiger partial charge in [-0.05, 0) is 47.7 Å². The van der Waals surface area contributed by atoms with Crippen LogP contribution in [0.1, 0.15) is 66.2 Å². The summed E-state index contributed by atoms with van der Waals surface area (Å²) in [4.78, 5) is 13.8. The Kier molecular flexibility index (Phi) is 7.89. The lowest BCUT2D eigenvalue weighted by Gasteiger charge is -2.23. The first-order valence-corrected chi connectivity index (χ1v) is 13.3.